The molecule has 1 saturated heterocycles. The predicted molar refractivity (Wildman–Crippen MR) is 143 cm³/mol. The van der Waals surface area contributed by atoms with Gasteiger partial charge in [0.15, 0.2) is 0 Å². The Hall–Kier alpha value is -4.59. The van der Waals surface area contributed by atoms with Gasteiger partial charge >= 0.3 is 12.3 Å². The van der Waals surface area contributed by atoms with E-state index in [1.165, 1.54) is 4.90 Å². The SMILES string of the molecule is CCC(C(N)=O)c1ccccc1C#Cc1nc(Nc2ccc(C3CCN(C(=O)O)CC3)cc2)ncc1C(F)(F)F. The number of carbonyl (C=O) groups excluding carboxylic acids is 1. The van der Waals surface area contributed by atoms with E-state index in [9.17, 15) is 22.8 Å². The van der Waals surface area contributed by atoms with Crippen LogP contribution in [0.3, 0.4) is 0 Å². The van der Waals surface area contributed by atoms with Gasteiger partial charge in [-0.25, -0.2) is 14.8 Å². The van der Waals surface area contributed by atoms with Gasteiger partial charge in [-0.1, -0.05) is 43.2 Å². The molecule has 11 heteroatoms. The van der Waals surface area contributed by atoms with Gasteiger partial charge in [0.1, 0.15) is 11.3 Å². The molecule has 208 valence electrons. The van der Waals surface area contributed by atoms with Gasteiger partial charge in [0.2, 0.25) is 11.9 Å². The fourth-order valence-electron chi connectivity index (χ4n) is 4.73. The van der Waals surface area contributed by atoms with E-state index in [1.54, 1.807) is 43.3 Å². The number of hydrogen-bond acceptors (Lipinski definition) is 5. The van der Waals surface area contributed by atoms with Crippen LogP contribution in [0.25, 0.3) is 0 Å². The first kappa shape index (κ1) is 28.4. The minimum Gasteiger partial charge on any atom is -0.465 e. The Kier molecular flexibility index (Phi) is 8.58. The molecule has 2 amide bonds. The summed E-state index contributed by atoms with van der Waals surface area (Å²) in [4.78, 5) is 32.3. The van der Waals surface area contributed by atoms with Gasteiger partial charge in [-0.15, -0.1) is 0 Å². The first-order chi connectivity index (χ1) is 19.1. The van der Waals surface area contributed by atoms with Crippen molar-refractivity contribution in [1.29, 1.82) is 0 Å². The zero-order valence-corrected chi connectivity index (χ0v) is 21.7. The molecule has 4 N–H and O–H groups in total. The van der Waals surface area contributed by atoms with Crippen LogP contribution in [0.1, 0.15) is 66.0 Å². The smallest absolute Gasteiger partial charge is 0.420 e. The van der Waals surface area contributed by atoms with Crippen LogP contribution in [0.4, 0.5) is 29.6 Å². The average molecular weight is 552 g/mol. The number of rotatable bonds is 6. The molecular weight excluding hydrogens is 523 g/mol. The lowest BCUT2D eigenvalue weighted by molar-refractivity contribution is -0.138. The fourth-order valence-corrected chi connectivity index (χ4v) is 4.73. The van der Waals surface area contributed by atoms with E-state index < -0.39 is 35.4 Å². The van der Waals surface area contributed by atoms with Gasteiger partial charge in [-0.05, 0) is 60.4 Å². The normalized spacial score (nSPS) is 14.7. The molecule has 1 fully saturated rings. The summed E-state index contributed by atoms with van der Waals surface area (Å²) in [5, 5.41) is 12.0. The highest BCUT2D eigenvalue weighted by Crippen LogP contribution is 2.32. The van der Waals surface area contributed by atoms with E-state index in [0.29, 0.717) is 55.4 Å². The zero-order chi connectivity index (χ0) is 28.9. The minimum atomic E-state index is -4.72. The first-order valence-electron chi connectivity index (χ1n) is 12.8. The topological polar surface area (TPSA) is 121 Å². The highest BCUT2D eigenvalue weighted by molar-refractivity contribution is 5.82. The number of piperidine rings is 1. The molecule has 2 heterocycles. The standard InChI is InChI=1S/C29H28F3N5O3/c1-2-22(26(33)38)23-6-4-3-5-20(23)9-12-25-24(29(30,31)32)17-34-27(36-25)35-21-10-7-18(8-11-21)19-13-15-37(16-14-19)28(39)40/h3-8,10-11,17,19,22H,2,13-16H2,1H3,(H2,33,38)(H,39,40)(H,34,35,36). The minimum absolute atomic E-state index is 0.0586. The molecule has 1 atom stereocenters. The van der Waals surface area contributed by atoms with E-state index in [4.69, 9.17) is 10.8 Å². The maximum atomic E-state index is 13.7. The highest BCUT2D eigenvalue weighted by Gasteiger charge is 2.35. The van der Waals surface area contributed by atoms with Crippen LogP contribution >= 0.6 is 0 Å². The van der Waals surface area contributed by atoms with Crippen molar-refractivity contribution < 1.29 is 27.9 Å². The summed E-state index contributed by atoms with van der Waals surface area (Å²) in [6.45, 7) is 2.73. The van der Waals surface area contributed by atoms with Crippen molar-refractivity contribution in [3.8, 4) is 11.8 Å². The van der Waals surface area contributed by atoms with Crippen molar-refractivity contribution in [2.24, 2.45) is 5.73 Å². The van der Waals surface area contributed by atoms with E-state index in [0.717, 1.165) is 5.56 Å². The number of nitrogens with zero attached hydrogens (tertiary/aromatic N) is 3. The molecule has 40 heavy (non-hydrogen) atoms. The third kappa shape index (κ3) is 6.69. The Morgan fingerprint density at radius 2 is 1.80 bits per heavy atom. The molecule has 1 aliphatic rings. The van der Waals surface area contributed by atoms with Gasteiger partial charge in [0.05, 0.1) is 5.92 Å². The number of hydrogen-bond donors (Lipinski definition) is 3. The molecule has 2 aromatic carbocycles. The summed E-state index contributed by atoms with van der Waals surface area (Å²) in [7, 11) is 0. The number of anilines is 2. The number of likely N-dealkylation sites (tertiary alicyclic amines) is 1. The zero-order valence-electron chi connectivity index (χ0n) is 21.7. The van der Waals surface area contributed by atoms with Gasteiger partial charge < -0.3 is 21.1 Å². The van der Waals surface area contributed by atoms with Crippen LogP contribution in [0.15, 0.2) is 54.7 Å². The molecular formula is C29H28F3N5O3. The van der Waals surface area contributed by atoms with Crippen LogP contribution in [-0.4, -0.2) is 45.1 Å². The number of nitrogens with two attached hydrogens (primary N) is 1. The van der Waals surface area contributed by atoms with Gasteiger partial charge in [-0.2, -0.15) is 13.2 Å². The Labute approximate surface area is 229 Å². The third-order valence-corrected chi connectivity index (χ3v) is 6.90. The lowest BCUT2D eigenvalue weighted by Crippen LogP contribution is -2.36. The molecule has 1 aromatic heterocycles. The Bertz CT molecular complexity index is 1440. The van der Waals surface area contributed by atoms with Gasteiger partial charge in [-0.3, -0.25) is 4.79 Å². The van der Waals surface area contributed by atoms with Gasteiger partial charge in [0, 0.05) is 30.5 Å². The third-order valence-electron chi connectivity index (χ3n) is 6.90. The number of carboxylic acid groups (broad SMARTS) is 1. The number of carbonyl (C=O) groups is 2. The van der Waals surface area contributed by atoms with E-state index in [1.807, 2.05) is 12.1 Å². The molecule has 0 radical (unpaired) electrons. The quantitative estimate of drug-likeness (QED) is 0.349. The molecule has 1 unspecified atom stereocenters. The van der Waals surface area contributed by atoms with Crippen molar-refractivity contribution in [2.45, 2.75) is 44.2 Å². The molecule has 3 aromatic rings. The summed E-state index contributed by atoms with van der Waals surface area (Å²) in [5.41, 5.74) is 6.48. The van der Waals surface area contributed by atoms with E-state index in [-0.39, 0.29) is 11.9 Å². The van der Waals surface area contributed by atoms with Crippen molar-refractivity contribution in [2.75, 3.05) is 18.4 Å². The lowest BCUT2D eigenvalue weighted by Gasteiger charge is -2.30. The largest absolute Gasteiger partial charge is 0.465 e. The number of nitrogens with one attached hydrogen (secondary N) is 1. The number of aromatic nitrogens is 2. The molecule has 0 bridgehead atoms. The summed E-state index contributed by atoms with van der Waals surface area (Å²) < 4.78 is 41.2. The summed E-state index contributed by atoms with van der Waals surface area (Å²) >= 11 is 0. The van der Waals surface area contributed by atoms with Crippen LogP contribution in [0.5, 0.6) is 0 Å². The van der Waals surface area contributed by atoms with Crippen LogP contribution in [-0.2, 0) is 11.0 Å². The Morgan fingerprint density at radius 3 is 2.40 bits per heavy atom. The van der Waals surface area contributed by atoms with E-state index >= 15 is 0 Å². The number of benzene rings is 2. The Morgan fingerprint density at radius 1 is 1.12 bits per heavy atom. The van der Waals surface area contributed by atoms with Crippen LogP contribution in [0.2, 0.25) is 0 Å². The van der Waals surface area contributed by atoms with E-state index in [2.05, 4.69) is 27.1 Å². The van der Waals surface area contributed by atoms with Crippen molar-refractivity contribution in [3.63, 3.8) is 0 Å². The molecule has 0 aliphatic carbocycles. The number of halogens is 3. The molecule has 1 aliphatic heterocycles. The maximum absolute atomic E-state index is 13.7. The van der Waals surface area contributed by atoms with Gasteiger partial charge in [0.25, 0.3) is 0 Å². The maximum Gasteiger partial charge on any atom is 0.420 e. The number of alkyl halides is 3. The molecule has 0 saturated carbocycles. The second kappa shape index (κ2) is 12.1. The average Bonchev–Trinajstić information content (AvgIpc) is 2.92. The first-order valence-corrected chi connectivity index (χ1v) is 12.8. The number of primary amides is 1. The van der Waals surface area contributed by atoms with Crippen LogP contribution in [0, 0.1) is 11.8 Å². The van der Waals surface area contributed by atoms with Crippen molar-refractivity contribution in [1.82, 2.24) is 14.9 Å². The molecule has 8 nitrogen and oxygen atoms in total. The summed E-state index contributed by atoms with van der Waals surface area (Å²) in [5.74, 6) is 4.26. The van der Waals surface area contributed by atoms with Crippen molar-refractivity contribution >= 4 is 23.6 Å². The second-order valence-corrected chi connectivity index (χ2v) is 9.45. The number of amides is 2. The monoisotopic (exact) mass is 551 g/mol. The fraction of sp³-hybridized carbons (Fsp3) is 0.310. The Balaban J connectivity index is 1.57. The highest BCUT2D eigenvalue weighted by atomic mass is 19.4. The second-order valence-electron chi connectivity index (χ2n) is 9.45. The lowest BCUT2D eigenvalue weighted by atomic mass is 9.89. The predicted octanol–water partition coefficient (Wildman–Crippen LogP) is 5.48. The summed E-state index contributed by atoms with van der Waals surface area (Å²) in [6.07, 6.45) is -3.11. The van der Waals surface area contributed by atoms with Crippen LogP contribution < -0.4 is 11.1 Å². The van der Waals surface area contributed by atoms with Crippen molar-refractivity contribution in [3.05, 3.63) is 82.7 Å². The molecule has 0 spiro atoms. The molecule has 4 rings (SSSR count). The summed E-state index contributed by atoms with van der Waals surface area (Å²) in [6, 6.07) is 14.0.